The minimum atomic E-state index is -3.71. The molecule has 1 atom stereocenters. The molecule has 0 fully saturated rings. The smallest absolute Gasteiger partial charge is 0.267 e. The highest BCUT2D eigenvalue weighted by molar-refractivity contribution is 7.86. The van der Waals surface area contributed by atoms with E-state index in [4.69, 9.17) is 39.0 Å². The number of hydrogen-bond acceptors (Lipinski definition) is 4. The molecule has 1 rings (SSSR count). The van der Waals surface area contributed by atoms with Gasteiger partial charge in [0.05, 0.1) is 12.4 Å². The van der Waals surface area contributed by atoms with Crippen molar-refractivity contribution in [2.24, 2.45) is 0 Å². The van der Waals surface area contributed by atoms with Gasteiger partial charge in [-0.3, -0.25) is 4.18 Å². The third-order valence-corrected chi connectivity index (χ3v) is 4.22. The zero-order chi connectivity index (χ0) is 15.4. The lowest BCUT2D eigenvalue weighted by molar-refractivity contribution is -0.0141. The largest absolute Gasteiger partial charge is 0.383 e. The SMILES string of the molecule is CCS(=O)(=O)OCC(O)(CC(Cl)(Cl)Cl)c1ccccc1. The van der Waals surface area contributed by atoms with Gasteiger partial charge in [0.1, 0.15) is 5.60 Å². The number of hydrogen-bond donors (Lipinski definition) is 1. The van der Waals surface area contributed by atoms with E-state index in [1.54, 1.807) is 30.3 Å². The second kappa shape index (κ2) is 6.81. The van der Waals surface area contributed by atoms with Crippen molar-refractivity contribution in [1.29, 1.82) is 0 Å². The van der Waals surface area contributed by atoms with E-state index in [9.17, 15) is 13.5 Å². The van der Waals surface area contributed by atoms with Crippen LogP contribution in [-0.2, 0) is 19.9 Å². The van der Waals surface area contributed by atoms with Crippen LogP contribution in [0.2, 0.25) is 0 Å². The average Bonchev–Trinajstić information content (AvgIpc) is 2.36. The molecule has 1 N–H and O–H groups in total. The fourth-order valence-electron chi connectivity index (χ4n) is 1.59. The van der Waals surface area contributed by atoms with E-state index in [1.165, 1.54) is 6.92 Å². The van der Waals surface area contributed by atoms with Crippen LogP contribution in [0, 0.1) is 0 Å². The summed E-state index contributed by atoms with van der Waals surface area (Å²) in [5.41, 5.74) is -1.30. The summed E-state index contributed by atoms with van der Waals surface area (Å²) in [7, 11) is -3.71. The highest BCUT2D eigenvalue weighted by Gasteiger charge is 2.39. The van der Waals surface area contributed by atoms with Gasteiger partial charge in [0.2, 0.25) is 0 Å². The van der Waals surface area contributed by atoms with Crippen LogP contribution in [-0.4, -0.2) is 29.7 Å². The zero-order valence-electron chi connectivity index (χ0n) is 10.7. The first-order valence-corrected chi connectivity index (χ1v) is 8.51. The van der Waals surface area contributed by atoms with Gasteiger partial charge in [-0.2, -0.15) is 8.42 Å². The van der Waals surface area contributed by atoms with E-state index in [0.717, 1.165) is 0 Å². The van der Waals surface area contributed by atoms with Crippen molar-refractivity contribution in [3.63, 3.8) is 0 Å². The summed E-state index contributed by atoms with van der Waals surface area (Å²) >= 11 is 17.2. The predicted molar refractivity (Wildman–Crippen MR) is 80.7 cm³/mol. The Kier molecular flexibility index (Phi) is 6.14. The Balaban J connectivity index is 3.03. The van der Waals surface area contributed by atoms with Crippen molar-refractivity contribution in [2.75, 3.05) is 12.4 Å². The molecule has 0 saturated heterocycles. The Hall–Kier alpha value is -0.0400. The molecule has 0 radical (unpaired) electrons. The first-order valence-electron chi connectivity index (χ1n) is 5.80. The number of alkyl halides is 3. The molecule has 114 valence electrons. The van der Waals surface area contributed by atoms with Crippen molar-refractivity contribution in [3.05, 3.63) is 35.9 Å². The molecule has 0 bridgehead atoms. The van der Waals surface area contributed by atoms with Crippen LogP contribution >= 0.6 is 34.8 Å². The molecular formula is C12H15Cl3O4S. The van der Waals surface area contributed by atoms with Gasteiger partial charge in [-0.05, 0) is 12.5 Å². The molecule has 0 amide bonds. The van der Waals surface area contributed by atoms with Crippen LogP contribution in [0.4, 0.5) is 0 Å². The number of aliphatic hydroxyl groups is 1. The summed E-state index contributed by atoms with van der Waals surface area (Å²) < 4.78 is 25.9. The third kappa shape index (κ3) is 5.76. The second-order valence-corrected chi connectivity index (χ2v) is 8.74. The summed E-state index contributed by atoms with van der Waals surface area (Å²) in [5, 5.41) is 10.6. The van der Waals surface area contributed by atoms with Gasteiger partial charge in [-0.25, -0.2) is 0 Å². The fraction of sp³-hybridized carbons (Fsp3) is 0.500. The number of halogens is 3. The van der Waals surface area contributed by atoms with E-state index in [2.05, 4.69) is 0 Å². The Bertz CT molecular complexity index is 527. The zero-order valence-corrected chi connectivity index (χ0v) is 13.8. The van der Waals surface area contributed by atoms with Crippen molar-refractivity contribution in [2.45, 2.75) is 22.7 Å². The Morgan fingerprint density at radius 1 is 1.20 bits per heavy atom. The monoisotopic (exact) mass is 360 g/mol. The third-order valence-electron chi connectivity index (χ3n) is 2.63. The molecule has 4 nitrogen and oxygen atoms in total. The van der Waals surface area contributed by atoms with Crippen LogP contribution in [0.15, 0.2) is 30.3 Å². The van der Waals surface area contributed by atoms with Crippen molar-refractivity contribution in [1.82, 2.24) is 0 Å². The molecule has 0 saturated carbocycles. The van der Waals surface area contributed by atoms with Gasteiger partial charge < -0.3 is 5.11 Å². The van der Waals surface area contributed by atoms with Crippen LogP contribution in [0.1, 0.15) is 18.9 Å². The fourth-order valence-corrected chi connectivity index (χ4v) is 2.79. The standard InChI is InChI=1S/C12H15Cl3O4S/c1-2-20(17,18)19-9-11(16,8-12(13,14)15)10-6-4-3-5-7-10/h3-7,16H,2,8-9H2,1H3. The minimum absolute atomic E-state index is 0.203. The van der Waals surface area contributed by atoms with Gasteiger partial charge >= 0.3 is 0 Å². The van der Waals surface area contributed by atoms with Crippen LogP contribution < -0.4 is 0 Å². The lowest BCUT2D eigenvalue weighted by Crippen LogP contribution is -2.37. The summed E-state index contributed by atoms with van der Waals surface area (Å²) in [5.74, 6) is -0.203. The summed E-state index contributed by atoms with van der Waals surface area (Å²) in [6, 6.07) is 8.35. The molecular weight excluding hydrogens is 347 g/mol. The van der Waals surface area contributed by atoms with Crippen LogP contribution in [0.25, 0.3) is 0 Å². The van der Waals surface area contributed by atoms with Gasteiger partial charge in [0.25, 0.3) is 10.1 Å². The van der Waals surface area contributed by atoms with E-state index in [1.807, 2.05) is 0 Å². The summed E-state index contributed by atoms with van der Waals surface area (Å²) in [6.07, 6.45) is -0.298. The normalized spacial score (nSPS) is 15.8. The first kappa shape index (κ1) is 18.0. The van der Waals surface area contributed by atoms with Crippen molar-refractivity contribution >= 4 is 44.9 Å². The van der Waals surface area contributed by atoms with Crippen molar-refractivity contribution < 1.29 is 17.7 Å². The number of rotatable bonds is 6. The molecule has 0 spiro atoms. The van der Waals surface area contributed by atoms with E-state index in [0.29, 0.717) is 5.56 Å². The molecule has 1 aromatic carbocycles. The molecule has 0 aromatic heterocycles. The molecule has 0 aliphatic heterocycles. The lowest BCUT2D eigenvalue weighted by Gasteiger charge is -2.31. The average molecular weight is 362 g/mol. The number of benzene rings is 1. The first-order chi connectivity index (χ1) is 9.08. The molecule has 1 unspecified atom stereocenters. The van der Waals surface area contributed by atoms with E-state index in [-0.39, 0.29) is 12.2 Å². The minimum Gasteiger partial charge on any atom is -0.383 e. The Morgan fingerprint density at radius 2 is 1.75 bits per heavy atom. The Morgan fingerprint density at radius 3 is 2.20 bits per heavy atom. The quantitative estimate of drug-likeness (QED) is 0.625. The van der Waals surface area contributed by atoms with Crippen LogP contribution in [0.5, 0.6) is 0 Å². The van der Waals surface area contributed by atoms with E-state index < -0.39 is 26.1 Å². The highest BCUT2D eigenvalue weighted by Crippen LogP contribution is 2.40. The molecule has 1 aromatic rings. The molecule has 20 heavy (non-hydrogen) atoms. The molecule has 0 aliphatic carbocycles. The lowest BCUT2D eigenvalue weighted by atomic mass is 9.92. The highest BCUT2D eigenvalue weighted by atomic mass is 35.6. The topological polar surface area (TPSA) is 63.6 Å². The Labute approximate surface area is 133 Å². The summed E-state index contributed by atoms with van der Waals surface area (Å²) in [6.45, 7) is 0.924. The maximum atomic E-state index is 11.4. The predicted octanol–water partition coefficient (Wildman–Crippen LogP) is 3.00. The van der Waals surface area contributed by atoms with Gasteiger partial charge in [-0.1, -0.05) is 65.1 Å². The molecule has 0 aliphatic rings. The van der Waals surface area contributed by atoms with Crippen LogP contribution in [0.3, 0.4) is 0 Å². The molecule has 8 heteroatoms. The maximum Gasteiger partial charge on any atom is 0.267 e. The molecule has 0 heterocycles. The van der Waals surface area contributed by atoms with Crippen molar-refractivity contribution in [3.8, 4) is 0 Å². The summed E-state index contributed by atoms with van der Waals surface area (Å²) in [4.78, 5) is 0. The maximum absolute atomic E-state index is 11.4. The van der Waals surface area contributed by atoms with E-state index >= 15 is 0 Å². The second-order valence-electron chi connectivity index (χ2n) is 4.30. The van der Waals surface area contributed by atoms with Gasteiger partial charge in [0, 0.05) is 6.42 Å². The van der Waals surface area contributed by atoms with Gasteiger partial charge in [0.15, 0.2) is 3.79 Å². The van der Waals surface area contributed by atoms with Gasteiger partial charge in [-0.15, -0.1) is 0 Å².